The van der Waals surface area contributed by atoms with Gasteiger partial charge in [0.2, 0.25) is 0 Å². The number of pyridine rings is 1. The minimum Gasteiger partial charge on any atom is -0.507 e. The molecule has 2 heterocycles. The predicted octanol–water partition coefficient (Wildman–Crippen LogP) is 16.0. The Kier molecular flexibility index (Phi) is 10.7. The summed E-state index contributed by atoms with van der Waals surface area (Å²) in [6, 6.07) is 60.3. The van der Waals surface area contributed by atoms with E-state index in [4.69, 9.17) is 9.97 Å². The van der Waals surface area contributed by atoms with Gasteiger partial charge in [0.15, 0.2) is 0 Å². The highest BCUT2D eigenvalue weighted by atomic mass is 16.3. The Morgan fingerprint density at radius 1 is 0.406 bits per heavy atom. The number of imidazole rings is 1. The fourth-order valence-electron chi connectivity index (χ4n) is 8.63. The second-order valence-electron chi connectivity index (χ2n) is 20.2. The van der Waals surface area contributed by atoms with Gasteiger partial charge in [-0.1, -0.05) is 172 Å². The second-order valence-corrected chi connectivity index (χ2v) is 20.2. The number of aromatic nitrogens is 3. The highest BCUT2D eigenvalue weighted by Gasteiger charge is 2.26. The number of hydrogen-bond acceptors (Lipinski definition) is 3. The molecule has 0 aliphatic carbocycles. The molecule has 9 aromatic rings. The van der Waals surface area contributed by atoms with E-state index in [0.29, 0.717) is 11.4 Å². The summed E-state index contributed by atoms with van der Waals surface area (Å²) in [6.45, 7) is 20.2. The Morgan fingerprint density at radius 2 is 0.953 bits per heavy atom. The number of para-hydroxylation sites is 1. The number of benzene rings is 7. The molecule has 0 aliphatic rings. The van der Waals surface area contributed by atoms with Crippen molar-refractivity contribution in [2.75, 3.05) is 0 Å². The molecule has 0 spiro atoms. The minimum absolute atomic E-state index is 0.0648. The van der Waals surface area contributed by atoms with Crippen LogP contribution in [0.2, 0.25) is 0 Å². The zero-order valence-electron chi connectivity index (χ0n) is 38.5. The summed E-state index contributed by atoms with van der Waals surface area (Å²) >= 11 is 0. The molecule has 4 heteroatoms. The molecule has 0 unspecified atom stereocenters. The maximum Gasteiger partial charge on any atom is 0.149 e. The van der Waals surface area contributed by atoms with Crippen molar-refractivity contribution in [3.8, 4) is 78.6 Å². The van der Waals surface area contributed by atoms with Crippen LogP contribution in [-0.2, 0) is 16.2 Å². The van der Waals surface area contributed by atoms with E-state index in [2.05, 4.69) is 225 Å². The molecule has 1 N–H and O–H groups in total. The van der Waals surface area contributed by atoms with Crippen LogP contribution < -0.4 is 0 Å². The SMILES string of the molecule is CC(C)(C)c1cc(-c2cc(-c3cccc(-c4ccccc4)c3)ccn2)cc(-c2cccc3c2nc(-c2cc(C(C)(C)C)ccc2O)n3-c2ccc(C(C)(C)C)cc2-c2ccccc2)c1. The van der Waals surface area contributed by atoms with Gasteiger partial charge < -0.3 is 5.11 Å². The van der Waals surface area contributed by atoms with E-state index in [0.717, 1.165) is 66.9 Å². The van der Waals surface area contributed by atoms with Gasteiger partial charge >= 0.3 is 0 Å². The first-order chi connectivity index (χ1) is 30.5. The topological polar surface area (TPSA) is 50.9 Å². The number of phenolic OH excluding ortho intramolecular Hbond substituents is 1. The zero-order chi connectivity index (χ0) is 45.0. The lowest BCUT2D eigenvalue weighted by Gasteiger charge is -2.23. The Morgan fingerprint density at radius 3 is 1.62 bits per heavy atom. The minimum atomic E-state index is -0.149. The number of fused-ring (bicyclic) bond motifs is 1. The highest BCUT2D eigenvalue weighted by molar-refractivity contribution is 5.98. The molecule has 318 valence electrons. The van der Waals surface area contributed by atoms with Crippen molar-refractivity contribution < 1.29 is 5.11 Å². The Bertz CT molecular complexity index is 3160. The van der Waals surface area contributed by atoms with Crippen LogP contribution in [0.4, 0.5) is 0 Å². The monoisotopic (exact) mass is 835 g/mol. The van der Waals surface area contributed by atoms with Gasteiger partial charge in [-0.15, -0.1) is 0 Å². The largest absolute Gasteiger partial charge is 0.507 e. The van der Waals surface area contributed by atoms with Gasteiger partial charge in [-0.3, -0.25) is 9.55 Å². The third-order valence-corrected chi connectivity index (χ3v) is 12.4. The van der Waals surface area contributed by atoms with Crippen LogP contribution in [0.25, 0.3) is 83.9 Å². The van der Waals surface area contributed by atoms with E-state index in [9.17, 15) is 5.11 Å². The normalized spacial score (nSPS) is 12.2. The lowest BCUT2D eigenvalue weighted by Crippen LogP contribution is -2.12. The van der Waals surface area contributed by atoms with Crippen molar-refractivity contribution in [3.05, 3.63) is 193 Å². The Labute approximate surface area is 379 Å². The van der Waals surface area contributed by atoms with Gasteiger partial charge in [0.1, 0.15) is 11.6 Å². The van der Waals surface area contributed by atoms with Crippen molar-refractivity contribution in [1.29, 1.82) is 0 Å². The van der Waals surface area contributed by atoms with Crippen LogP contribution in [0.15, 0.2) is 176 Å². The van der Waals surface area contributed by atoms with Crippen molar-refractivity contribution in [1.82, 2.24) is 14.5 Å². The lowest BCUT2D eigenvalue weighted by molar-refractivity contribution is 0.475. The molecule has 0 atom stereocenters. The van der Waals surface area contributed by atoms with Crippen LogP contribution in [0.1, 0.15) is 79.0 Å². The first-order valence-electron chi connectivity index (χ1n) is 22.4. The molecule has 9 rings (SSSR count). The third kappa shape index (κ3) is 8.29. The molecule has 0 bridgehead atoms. The zero-order valence-corrected chi connectivity index (χ0v) is 38.5. The van der Waals surface area contributed by atoms with Gasteiger partial charge in [-0.25, -0.2) is 4.98 Å². The van der Waals surface area contributed by atoms with Gasteiger partial charge in [0, 0.05) is 22.9 Å². The average Bonchev–Trinajstić information content (AvgIpc) is 3.68. The molecule has 7 aromatic carbocycles. The number of nitrogens with zero attached hydrogens (tertiary/aromatic N) is 3. The average molecular weight is 836 g/mol. The third-order valence-electron chi connectivity index (χ3n) is 12.4. The Balaban J connectivity index is 1.28. The molecule has 4 nitrogen and oxygen atoms in total. The smallest absolute Gasteiger partial charge is 0.149 e. The lowest BCUT2D eigenvalue weighted by atomic mass is 9.83. The summed E-state index contributed by atoms with van der Waals surface area (Å²) in [7, 11) is 0. The van der Waals surface area contributed by atoms with Crippen LogP contribution in [0.5, 0.6) is 5.75 Å². The summed E-state index contributed by atoms with van der Waals surface area (Å²) in [5.41, 5.74) is 17.6. The summed E-state index contributed by atoms with van der Waals surface area (Å²) in [5, 5.41) is 11.8. The molecule has 0 saturated carbocycles. The van der Waals surface area contributed by atoms with Crippen molar-refractivity contribution >= 4 is 11.0 Å². The van der Waals surface area contributed by atoms with Crippen LogP contribution in [-0.4, -0.2) is 19.6 Å². The van der Waals surface area contributed by atoms with Gasteiger partial charge in [0.05, 0.1) is 28.0 Å². The number of rotatable bonds is 7. The van der Waals surface area contributed by atoms with E-state index in [1.807, 2.05) is 18.3 Å². The summed E-state index contributed by atoms with van der Waals surface area (Å²) in [4.78, 5) is 10.6. The number of hydrogen-bond donors (Lipinski definition) is 1. The van der Waals surface area contributed by atoms with Gasteiger partial charge in [0.25, 0.3) is 0 Å². The van der Waals surface area contributed by atoms with Crippen molar-refractivity contribution in [2.24, 2.45) is 0 Å². The molecule has 2 aromatic heterocycles. The molecule has 0 amide bonds. The van der Waals surface area contributed by atoms with Crippen LogP contribution >= 0.6 is 0 Å². The predicted molar refractivity (Wildman–Crippen MR) is 269 cm³/mol. The maximum atomic E-state index is 11.8. The first-order valence-corrected chi connectivity index (χ1v) is 22.4. The highest BCUT2D eigenvalue weighted by Crippen LogP contribution is 2.43. The van der Waals surface area contributed by atoms with Crippen LogP contribution in [0, 0.1) is 0 Å². The molecule has 0 saturated heterocycles. The van der Waals surface area contributed by atoms with E-state index in [1.54, 1.807) is 0 Å². The molecule has 0 aliphatic heterocycles. The Hall–Kier alpha value is -7.04. The summed E-state index contributed by atoms with van der Waals surface area (Å²) in [6.07, 6.45) is 1.92. The fourth-order valence-corrected chi connectivity index (χ4v) is 8.63. The molecule has 64 heavy (non-hydrogen) atoms. The van der Waals surface area contributed by atoms with Crippen LogP contribution in [0.3, 0.4) is 0 Å². The summed E-state index contributed by atoms with van der Waals surface area (Å²) < 4.78 is 2.26. The standard InChI is InChI=1S/C60H57N3O/c1-58(2,3)46-26-28-53(50(37-46)40-20-14-11-15-21-40)63-54-25-17-24-49(56(54)62-57(63)51-38-47(59(4,5)6)27-29-55(51)64)44-33-45(35-48(34-44)60(7,8)9)52-36-43(30-31-61-52)42-23-16-22-41(32-42)39-18-12-10-13-19-39/h10-38,64H,1-9H3. The van der Waals surface area contributed by atoms with Crippen molar-refractivity contribution in [2.45, 2.75) is 78.6 Å². The van der Waals surface area contributed by atoms with Gasteiger partial charge in [-0.2, -0.15) is 0 Å². The van der Waals surface area contributed by atoms with Crippen molar-refractivity contribution in [3.63, 3.8) is 0 Å². The maximum absolute atomic E-state index is 11.8. The van der Waals surface area contributed by atoms with E-state index >= 15 is 0 Å². The first kappa shape index (κ1) is 42.3. The number of aromatic hydroxyl groups is 1. The number of phenols is 1. The molecular weight excluding hydrogens is 779 g/mol. The van der Waals surface area contributed by atoms with Gasteiger partial charge in [-0.05, 0) is 127 Å². The molecule has 0 fully saturated rings. The summed E-state index contributed by atoms with van der Waals surface area (Å²) in [5.74, 6) is 0.877. The quantitative estimate of drug-likeness (QED) is 0.174. The van der Waals surface area contributed by atoms with E-state index < -0.39 is 0 Å². The second kappa shape index (κ2) is 16.3. The van der Waals surface area contributed by atoms with E-state index in [-0.39, 0.29) is 22.0 Å². The fraction of sp³-hybridized carbons (Fsp3) is 0.200. The molecular formula is C60H57N3O. The molecule has 0 radical (unpaired) electrons. The van der Waals surface area contributed by atoms with E-state index in [1.165, 1.54) is 22.3 Å².